The van der Waals surface area contributed by atoms with Crippen LogP contribution in [-0.4, -0.2) is 0 Å². The fraction of sp³-hybridized carbons (Fsp3) is 0.273. The van der Waals surface area contributed by atoms with Crippen LogP contribution in [0.2, 0.25) is 0 Å². The van der Waals surface area contributed by atoms with E-state index in [0.29, 0.717) is 16.7 Å². The summed E-state index contributed by atoms with van der Waals surface area (Å²) in [4.78, 5) is 0.327. The fourth-order valence-corrected chi connectivity index (χ4v) is 3.65. The maximum atomic E-state index is 13.0. The molecular formula is C11H10ClF4S+. The van der Waals surface area contributed by atoms with Crippen LogP contribution in [0.3, 0.4) is 0 Å². The highest BCUT2D eigenvalue weighted by atomic mass is 35.5. The van der Waals surface area contributed by atoms with Crippen LogP contribution in [0.5, 0.6) is 0 Å². The van der Waals surface area contributed by atoms with Crippen molar-refractivity contribution >= 4 is 33.0 Å². The molecule has 0 aliphatic heterocycles. The van der Waals surface area contributed by atoms with E-state index in [1.165, 1.54) is 18.2 Å². The largest absolute Gasteiger partial charge is 0.600 e. The smallest absolute Gasteiger partial charge is 0.207 e. The lowest BCUT2D eigenvalue weighted by Crippen LogP contribution is -1.97. The lowest BCUT2D eigenvalue weighted by Gasteiger charge is -1.98. The molecule has 1 heterocycles. The summed E-state index contributed by atoms with van der Waals surface area (Å²) in [6.45, 7) is 1.68. The SMILES string of the molecule is CCc1cc2ccc(F)cc2[s+]1C(F)(F)F.Cl. The number of halogens is 5. The van der Waals surface area contributed by atoms with Gasteiger partial charge in [-0.1, -0.05) is 6.92 Å². The van der Waals surface area contributed by atoms with E-state index in [1.807, 2.05) is 0 Å². The second kappa shape index (κ2) is 4.82. The molecule has 0 aliphatic rings. The average molecular weight is 286 g/mol. The molecule has 1 aromatic heterocycles. The van der Waals surface area contributed by atoms with Gasteiger partial charge < -0.3 is 0 Å². The minimum Gasteiger partial charge on any atom is -0.207 e. The van der Waals surface area contributed by atoms with Gasteiger partial charge in [0.15, 0.2) is 9.58 Å². The van der Waals surface area contributed by atoms with Crippen molar-refractivity contribution in [1.29, 1.82) is 0 Å². The van der Waals surface area contributed by atoms with Crippen molar-refractivity contribution in [2.24, 2.45) is 0 Å². The quantitative estimate of drug-likeness (QED) is 0.500. The van der Waals surface area contributed by atoms with Crippen LogP contribution in [0.1, 0.15) is 11.8 Å². The molecule has 0 saturated carbocycles. The zero-order valence-electron chi connectivity index (χ0n) is 8.84. The molecule has 17 heavy (non-hydrogen) atoms. The van der Waals surface area contributed by atoms with Crippen molar-refractivity contribution in [3.8, 4) is 0 Å². The highest BCUT2D eigenvalue weighted by molar-refractivity contribution is 7.38. The third-order valence-corrected chi connectivity index (χ3v) is 4.54. The van der Waals surface area contributed by atoms with E-state index in [4.69, 9.17) is 0 Å². The minimum absolute atomic E-state index is 0. The predicted molar refractivity (Wildman–Crippen MR) is 64.3 cm³/mol. The number of benzene rings is 1. The summed E-state index contributed by atoms with van der Waals surface area (Å²) in [6, 6.07) is 5.10. The first-order chi connectivity index (χ1) is 7.43. The van der Waals surface area contributed by atoms with Crippen molar-refractivity contribution in [3.63, 3.8) is 0 Å². The van der Waals surface area contributed by atoms with Gasteiger partial charge in [-0.25, -0.2) is 4.39 Å². The molecule has 0 amide bonds. The Kier molecular flexibility index (Phi) is 4.04. The summed E-state index contributed by atoms with van der Waals surface area (Å²) in [5, 5.41) is 0.485. The summed E-state index contributed by atoms with van der Waals surface area (Å²) in [5.41, 5.74) is -4.32. The van der Waals surface area contributed by atoms with Gasteiger partial charge in [-0.05, 0) is 12.1 Å². The van der Waals surface area contributed by atoms with Gasteiger partial charge in [0.1, 0.15) is 5.82 Å². The Balaban J connectivity index is 0.00000144. The highest BCUT2D eigenvalue weighted by Gasteiger charge is 2.47. The summed E-state index contributed by atoms with van der Waals surface area (Å²) in [5.74, 6) is -0.619. The van der Waals surface area contributed by atoms with Gasteiger partial charge in [-0.2, -0.15) is 0 Å². The number of hydrogen-bond donors (Lipinski definition) is 0. The standard InChI is InChI=1S/C11H9F4S.ClH/c1-2-9-5-7-3-4-8(12)6-10(7)16(9)11(13,14)15;/h3-6H,2H2,1H3;1H/q+1;. The van der Waals surface area contributed by atoms with E-state index in [9.17, 15) is 17.6 Å². The molecule has 0 N–H and O–H groups in total. The zero-order valence-corrected chi connectivity index (χ0v) is 10.5. The van der Waals surface area contributed by atoms with Gasteiger partial charge in [-0.15, -0.1) is 25.6 Å². The van der Waals surface area contributed by atoms with Crippen molar-refractivity contribution in [1.82, 2.24) is 0 Å². The number of alkyl halides is 3. The molecule has 0 aliphatic carbocycles. The van der Waals surface area contributed by atoms with Crippen molar-refractivity contribution < 1.29 is 17.6 Å². The first kappa shape index (κ1) is 14.3. The molecule has 0 saturated heterocycles. The van der Waals surface area contributed by atoms with E-state index in [1.54, 1.807) is 6.92 Å². The molecule has 0 radical (unpaired) electrons. The monoisotopic (exact) mass is 285 g/mol. The van der Waals surface area contributed by atoms with Gasteiger partial charge in [0.25, 0.3) is 0 Å². The van der Waals surface area contributed by atoms with Gasteiger partial charge in [-0.3, -0.25) is 0 Å². The molecule has 0 nitrogen and oxygen atoms in total. The Morgan fingerprint density at radius 2 is 1.82 bits per heavy atom. The van der Waals surface area contributed by atoms with E-state index in [2.05, 4.69) is 0 Å². The summed E-state index contributed by atoms with van der Waals surface area (Å²) < 4.78 is 51.6. The minimum atomic E-state index is -4.32. The lowest BCUT2D eigenvalue weighted by molar-refractivity contribution is -0.0867. The van der Waals surface area contributed by atoms with E-state index >= 15 is 0 Å². The molecule has 0 fully saturated rings. The molecule has 94 valence electrons. The Bertz CT molecular complexity index is 530. The summed E-state index contributed by atoms with van der Waals surface area (Å²) >= 11 is 0. The molecule has 2 rings (SSSR count). The second-order valence-electron chi connectivity index (χ2n) is 3.40. The Labute approximate surface area is 105 Å². The fourth-order valence-electron chi connectivity index (χ4n) is 1.70. The Hall–Kier alpha value is -0.810. The number of aryl methyl sites for hydroxylation is 1. The van der Waals surface area contributed by atoms with Gasteiger partial charge in [0.05, 0.1) is 10.5 Å². The van der Waals surface area contributed by atoms with Crippen LogP contribution in [0.15, 0.2) is 24.3 Å². The number of hydrogen-bond acceptors (Lipinski definition) is 0. The number of fused-ring (bicyclic) bond motifs is 1. The first-order valence-corrected chi connectivity index (χ1v) is 5.97. The molecule has 1 aromatic carbocycles. The van der Waals surface area contributed by atoms with Crippen molar-refractivity contribution in [2.45, 2.75) is 18.9 Å². The highest BCUT2D eigenvalue weighted by Crippen LogP contribution is 2.50. The molecule has 1 unspecified atom stereocenters. The zero-order chi connectivity index (χ0) is 11.9. The molecule has 2 aromatic rings. The van der Waals surface area contributed by atoms with Crippen LogP contribution < -0.4 is 0 Å². The average Bonchev–Trinajstić information content (AvgIpc) is 2.54. The number of rotatable bonds is 1. The van der Waals surface area contributed by atoms with Gasteiger partial charge in [0, 0.05) is 23.9 Å². The van der Waals surface area contributed by atoms with Crippen LogP contribution in [0, 0.1) is 5.82 Å². The van der Waals surface area contributed by atoms with Crippen LogP contribution in [0.4, 0.5) is 17.6 Å². The van der Waals surface area contributed by atoms with Crippen LogP contribution in [0.25, 0.3) is 10.1 Å². The summed E-state index contributed by atoms with van der Waals surface area (Å²) in [7, 11) is -1.95. The molecule has 1 atom stereocenters. The second-order valence-corrected chi connectivity index (χ2v) is 5.44. The number of thiophene rings is 1. The summed E-state index contributed by atoms with van der Waals surface area (Å²) in [6.07, 6.45) is 0.332. The Morgan fingerprint density at radius 3 is 2.35 bits per heavy atom. The maximum Gasteiger partial charge on any atom is 0.600 e. The predicted octanol–water partition coefficient (Wildman–Crippen LogP) is 5.19. The van der Waals surface area contributed by atoms with Crippen molar-refractivity contribution in [2.75, 3.05) is 0 Å². The first-order valence-electron chi connectivity index (χ1n) is 4.74. The van der Waals surface area contributed by atoms with E-state index < -0.39 is 21.8 Å². The molecule has 6 heteroatoms. The topological polar surface area (TPSA) is 0 Å². The van der Waals surface area contributed by atoms with Gasteiger partial charge >= 0.3 is 5.51 Å². The molecule has 0 bridgehead atoms. The van der Waals surface area contributed by atoms with E-state index in [-0.39, 0.29) is 17.1 Å². The lowest BCUT2D eigenvalue weighted by atomic mass is 10.2. The van der Waals surface area contributed by atoms with Crippen molar-refractivity contribution in [3.05, 3.63) is 35.0 Å². The van der Waals surface area contributed by atoms with E-state index in [0.717, 1.165) is 6.07 Å². The maximum absolute atomic E-state index is 13.0. The third-order valence-electron chi connectivity index (χ3n) is 2.35. The van der Waals surface area contributed by atoms with Crippen LogP contribution >= 0.6 is 22.9 Å². The third kappa shape index (κ3) is 2.55. The molecule has 0 spiro atoms. The Morgan fingerprint density at radius 1 is 1.18 bits per heavy atom. The van der Waals surface area contributed by atoms with Crippen LogP contribution in [-0.2, 0) is 11.9 Å². The molecular weight excluding hydrogens is 276 g/mol. The van der Waals surface area contributed by atoms with Gasteiger partial charge in [0.2, 0.25) is 0 Å². The normalized spacial score (nSPS) is 12.6.